The van der Waals surface area contributed by atoms with Crippen LogP contribution in [0.3, 0.4) is 0 Å². The van der Waals surface area contributed by atoms with E-state index in [0.717, 1.165) is 43.7 Å². The van der Waals surface area contributed by atoms with Gasteiger partial charge in [0.25, 0.3) is 0 Å². The summed E-state index contributed by atoms with van der Waals surface area (Å²) in [4.78, 5) is 0. The van der Waals surface area contributed by atoms with Crippen molar-refractivity contribution in [2.24, 2.45) is 35.5 Å². The fourth-order valence-corrected chi connectivity index (χ4v) is 5.65. The Kier molecular flexibility index (Phi) is 4.92. The van der Waals surface area contributed by atoms with Crippen molar-refractivity contribution >= 4 is 0 Å². The van der Waals surface area contributed by atoms with Crippen LogP contribution in [0.4, 0.5) is 8.78 Å². The highest BCUT2D eigenvalue weighted by molar-refractivity contribution is 4.98. The summed E-state index contributed by atoms with van der Waals surface area (Å²) in [6, 6.07) is 0. The molecule has 0 aliphatic heterocycles. The van der Waals surface area contributed by atoms with E-state index in [1.807, 2.05) is 6.08 Å². The third-order valence-electron chi connectivity index (χ3n) is 6.61. The molecule has 0 bridgehead atoms. The van der Waals surface area contributed by atoms with Gasteiger partial charge in [-0.3, -0.25) is 0 Å². The molecule has 0 saturated heterocycles. The number of fused-ring (bicyclic) bond motifs is 1. The second-order valence-electron chi connectivity index (χ2n) is 8.30. The molecule has 0 radical (unpaired) electrons. The Balaban J connectivity index is 1.60. The van der Waals surface area contributed by atoms with E-state index < -0.39 is 5.92 Å². The Morgan fingerprint density at radius 1 is 1.09 bits per heavy atom. The Labute approximate surface area is 133 Å². The molecule has 0 aromatic rings. The van der Waals surface area contributed by atoms with Crippen LogP contribution < -0.4 is 5.32 Å². The molecule has 0 aromatic heterocycles. The molecular weight excluding hydrogens is 280 g/mol. The van der Waals surface area contributed by atoms with Gasteiger partial charge in [0.2, 0.25) is 5.92 Å². The second-order valence-corrected chi connectivity index (χ2v) is 8.30. The van der Waals surface area contributed by atoms with Crippen LogP contribution in [0.25, 0.3) is 0 Å². The SMILES string of the molecule is C=CCNC[C@H]1CC[C@@H](C)C[C@H]1C1CC2CC(F)(F)C[C@H]2C1. The lowest BCUT2D eigenvalue weighted by atomic mass is 9.68. The van der Waals surface area contributed by atoms with Crippen molar-refractivity contribution in [3.8, 4) is 0 Å². The minimum Gasteiger partial charge on any atom is -0.313 e. The smallest absolute Gasteiger partial charge is 0.248 e. The fourth-order valence-electron chi connectivity index (χ4n) is 5.65. The van der Waals surface area contributed by atoms with E-state index in [2.05, 4.69) is 18.8 Å². The third kappa shape index (κ3) is 3.55. The summed E-state index contributed by atoms with van der Waals surface area (Å²) >= 11 is 0. The van der Waals surface area contributed by atoms with Gasteiger partial charge in [0.05, 0.1) is 0 Å². The molecule has 2 unspecified atom stereocenters. The molecule has 3 aliphatic carbocycles. The molecule has 3 fully saturated rings. The molecule has 1 nitrogen and oxygen atoms in total. The lowest BCUT2D eigenvalue weighted by Gasteiger charge is -2.39. The lowest BCUT2D eigenvalue weighted by Crippen LogP contribution is -2.36. The van der Waals surface area contributed by atoms with Crippen LogP contribution in [0.5, 0.6) is 0 Å². The van der Waals surface area contributed by atoms with Crippen LogP contribution in [0.15, 0.2) is 12.7 Å². The van der Waals surface area contributed by atoms with Crippen LogP contribution in [0, 0.1) is 35.5 Å². The molecule has 3 rings (SSSR count). The van der Waals surface area contributed by atoms with Gasteiger partial charge in [-0.1, -0.05) is 19.4 Å². The van der Waals surface area contributed by atoms with Crippen LogP contribution in [0.2, 0.25) is 0 Å². The summed E-state index contributed by atoms with van der Waals surface area (Å²) in [7, 11) is 0. The highest BCUT2D eigenvalue weighted by atomic mass is 19.3. The van der Waals surface area contributed by atoms with Gasteiger partial charge in [-0.15, -0.1) is 6.58 Å². The van der Waals surface area contributed by atoms with E-state index in [1.54, 1.807) is 0 Å². The fraction of sp³-hybridized carbons (Fsp3) is 0.895. The molecule has 0 amide bonds. The molecule has 0 spiro atoms. The summed E-state index contributed by atoms with van der Waals surface area (Å²) < 4.78 is 27.1. The van der Waals surface area contributed by atoms with E-state index in [9.17, 15) is 8.78 Å². The Hall–Kier alpha value is -0.440. The van der Waals surface area contributed by atoms with Gasteiger partial charge in [-0.05, 0) is 67.7 Å². The number of nitrogens with one attached hydrogen (secondary N) is 1. The first-order chi connectivity index (χ1) is 10.5. The summed E-state index contributed by atoms with van der Waals surface area (Å²) in [6.07, 6.45) is 8.31. The van der Waals surface area contributed by atoms with E-state index in [1.165, 1.54) is 19.3 Å². The predicted molar refractivity (Wildman–Crippen MR) is 86.9 cm³/mol. The maximum atomic E-state index is 13.6. The van der Waals surface area contributed by atoms with Gasteiger partial charge in [0, 0.05) is 19.4 Å². The van der Waals surface area contributed by atoms with Crippen molar-refractivity contribution in [2.45, 2.75) is 57.8 Å². The molecule has 1 N–H and O–H groups in total. The Bertz CT molecular complexity index is 379. The standard InChI is InChI=1S/C19H31F2N/c1-3-6-22-12-14-5-4-13(2)7-18(14)15-8-16-10-19(20,21)11-17(16)9-15/h3,13-18,22H,1,4-12H2,2H3/t13-,14-,15?,16-,17?,18-/m1/s1. The molecule has 3 saturated carbocycles. The normalized spacial score (nSPS) is 44.0. The van der Waals surface area contributed by atoms with Crippen molar-refractivity contribution in [3.63, 3.8) is 0 Å². The Morgan fingerprint density at radius 3 is 2.41 bits per heavy atom. The molecule has 3 heteroatoms. The van der Waals surface area contributed by atoms with E-state index in [-0.39, 0.29) is 12.8 Å². The maximum absolute atomic E-state index is 13.6. The van der Waals surface area contributed by atoms with E-state index >= 15 is 0 Å². The number of hydrogen-bond acceptors (Lipinski definition) is 1. The lowest BCUT2D eigenvalue weighted by molar-refractivity contribution is -0.00386. The number of halogens is 2. The number of hydrogen-bond donors (Lipinski definition) is 1. The van der Waals surface area contributed by atoms with E-state index in [0.29, 0.717) is 17.8 Å². The quantitative estimate of drug-likeness (QED) is 0.563. The van der Waals surface area contributed by atoms with Gasteiger partial charge in [0.1, 0.15) is 0 Å². The maximum Gasteiger partial charge on any atom is 0.248 e. The van der Waals surface area contributed by atoms with Crippen molar-refractivity contribution in [3.05, 3.63) is 12.7 Å². The minimum atomic E-state index is -2.37. The van der Waals surface area contributed by atoms with Crippen molar-refractivity contribution in [2.75, 3.05) is 13.1 Å². The molecule has 6 atom stereocenters. The topological polar surface area (TPSA) is 12.0 Å². The average molecular weight is 311 g/mol. The van der Waals surface area contributed by atoms with Crippen LogP contribution in [-0.2, 0) is 0 Å². The summed E-state index contributed by atoms with van der Waals surface area (Å²) in [5, 5.41) is 3.50. The molecule has 0 aromatic carbocycles. The predicted octanol–water partition coefficient (Wildman–Crippen LogP) is 4.89. The summed E-state index contributed by atoms with van der Waals surface area (Å²) in [6.45, 7) is 8.09. The van der Waals surface area contributed by atoms with Crippen molar-refractivity contribution in [1.82, 2.24) is 5.32 Å². The highest BCUT2D eigenvalue weighted by Gasteiger charge is 2.52. The molecule has 0 heterocycles. The monoisotopic (exact) mass is 311 g/mol. The first kappa shape index (κ1) is 16.4. The summed E-state index contributed by atoms with van der Waals surface area (Å²) in [5.41, 5.74) is 0. The van der Waals surface area contributed by atoms with Gasteiger partial charge in [-0.25, -0.2) is 8.78 Å². The first-order valence-corrected chi connectivity index (χ1v) is 9.18. The van der Waals surface area contributed by atoms with Gasteiger partial charge >= 0.3 is 0 Å². The van der Waals surface area contributed by atoms with Gasteiger partial charge in [-0.2, -0.15) is 0 Å². The second kappa shape index (κ2) is 6.59. The largest absolute Gasteiger partial charge is 0.313 e. The van der Waals surface area contributed by atoms with Crippen LogP contribution >= 0.6 is 0 Å². The average Bonchev–Trinajstić information content (AvgIpc) is 2.94. The highest BCUT2D eigenvalue weighted by Crippen LogP contribution is 2.56. The molecular formula is C19H31F2N. The Morgan fingerprint density at radius 2 is 1.77 bits per heavy atom. The van der Waals surface area contributed by atoms with Crippen LogP contribution in [0.1, 0.15) is 51.9 Å². The van der Waals surface area contributed by atoms with E-state index in [4.69, 9.17) is 0 Å². The zero-order valence-electron chi connectivity index (χ0n) is 13.9. The van der Waals surface area contributed by atoms with Gasteiger partial charge in [0.15, 0.2) is 0 Å². The zero-order valence-corrected chi connectivity index (χ0v) is 13.9. The number of alkyl halides is 2. The molecule has 22 heavy (non-hydrogen) atoms. The van der Waals surface area contributed by atoms with Crippen molar-refractivity contribution in [1.29, 1.82) is 0 Å². The van der Waals surface area contributed by atoms with Crippen molar-refractivity contribution < 1.29 is 8.78 Å². The number of rotatable bonds is 5. The van der Waals surface area contributed by atoms with Crippen LogP contribution in [-0.4, -0.2) is 19.0 Å². The zero-order chi connectivity index (χ0) is 15.7. The minimum absolute atomic E-state index is 0.163. The summed E-state index contributed by atoms with van der Waals surface area (Å²) in [5.74, 6) is 1.23. The molecule has 3 aliphatic rings. The first-order valence-electron chi connectivity index (χ1n) is 9.18. The third-order valence-corrected chi connectivity index (χ3v) is 6.61. The molecule has 126 valence electrons. The van der Waals surface area contributed by atoms with Gasteiger partial charge < -0.3 is 5.32 Å².